The summed E-state index contributed by atoms with van der Waals surface area (Å²) in [6.07, 6.45) is 3.96. The van der Waals surface area contributed by atoms with E-state index in [1.165, 1.54) is 11.8 Å². The lowest BCUT2D eigenvalue weighted by atomic mass is 9.93. The minimum atomic E-state index is -0.262. The van der Waals surface area contributed by atoms with Crippen LogP contribution in [0.2, 0.25) is 0 Å². The van der Waals surface area contributed by atoms with E-state index in [1.54, 1.807) is 18.3 Å². The van der Waals surface area contributed by atoms with Crippen LogP contribution in [-0.2, 0) is 6.54 Å². The van der Waals surface area contributed by atoms with Crippen molar-refractivity contribution in [3.05, 3.63) is 83.4 Å². The molecule has 6 heteroatoms. The summed E-state index contributed by atoms with van der Waals surface area (Å²) in [7, 11) is 2.16. The summed E-state index contributed by atoms with van der Waals surface area (Å²) in [6, 6.07) is 18.8. The standard InChI is InChI=1S/C27H26FN5/c1-33-11-8-20(9-12-33)26-15-24-22(7-10-30-27(24)32-26)23-14-21(5-6-25(23)28)31-17-19-4-2-3-18(13-19)16-29/h2-7,10,13-15,20,31H,8-9,11-12,17H2,1H3,(H,30,32). The number of hydrogen-bond donors (Lipinski definition) is 2. The van der Waals surface area contributed by atoms with E-state index in [-0.39, 0.29) is 5.82 Å². The van der Waals surface area contributed by atoms with E-state index in [1.807, 2.05) is 30.3 Å². The fourth-order valence-corrected chi connectivity index (χ4v) is 4.62. The predicted octanol–water partition coefficient (Wildman–Crippen LogP) is 5.66. The lowest BCUT2D eigenvalue weighted by molar-refractivity contribution is 0.254. The number of nitriles is 1. The number of aromatic nitrogens is 2. The largest absolute Gasteiger partial charge is 0.381 e. The average Bonchev–Trinajstić information content (AvgIpc) is 3.29. The monoisotopic (exact) mass is 439 g/mol. The van der Waals surface area contributed by atoms with Crippen LogP contribution in [0.4, 0.5) is 10.1 Å². The van der Waals surface area contributed by atoms with Gasteiger partial charge in [-0.1, -0.05) is 12.1 Å². The molecule has 0 amide bonds. The number of nitrogens with zero attached hydrogens (tertiary/aromatic N) is 3. The first-order valence-corrected chi connectivity index (χ1v) is 11.3. The van der Waals surface area contributed by atoms with E-state index < -0.39 is 0 Å². The van der Waals surface area contributed by atoms with Gasteiger partial charge >= 0.3 is 0 Å². The number of halogens is 1. The molecular weight excluding hydrogens is 413 g/mol. The molecule has 0 spiro atoms. The summed E-state index contributed by atoms with van der Waals surface area (Å²) < 4.78 is 14.9. The number of anilines is 1. The number of hydrogen-bond acceptors (Lipinski definition) is 4. The molecule has 3 heterocycles. The van der Waals surface area contributed by atoms with Crippen LogP contribution >= 0.6 is 0 Å². The Morgan fingerprint density at radius 3 is 2.79 bits per heavy atom. The van der Waals surface area contributed by atoms with Gasteiger partial charge in [0, 0.05) is 41.0 Å². The van der Waals surface area contributed by atoms with Crippen LogP contribution in [0.5, 0.6) is 0 Å². The number of rotatable bonds is 5. The quantitative estimate of drug-likeness (QED) is 0.421. The number of benzene rings is 2. The highest BCUT2D eigenvalue weighted by molar-refractivity contribution is 5.94. The topological polar surface area (TPSA) is 67.7 Å². The van der Waals surface area contributed by atoms with Gasteiger partial charge in [-0.3, -0.25) is 0 Å². The number of H-pyrrole nitrogens is 1. The van der Waals surface area contributed by atoms with E-state index in [2.05, 4.69) is 39.4 Å². The van der Waals surface area contributed by atoms with E-state index >= 15 is 0 Å². The fourth-order valence-electron chi connectivity index (χ4n) is 4.62. The van der Waals surface area contributed by atoms with Crippen molar-refractivity contribution in [1.29, 1.82) is 5.26 Å². The maximum absolute atomic E-state index is 14.9. The molecule has 1 fully saturated rings. The first-order chi connectivity index (χ1) is 16.1. The molecule has 2 aromatic heterocycles. The van der Waals surface area contributed by atoms with Gasteiger partial charge in [-0.2, -0.15) is 5.26 Å². The van der Waals surface area contributed by atoms with Crippen molar-refractivity contribution in [3.8, 4) is 17.2 Å². The van der Waals surface area contributed by atoms with Gasteiger partial charge in [0.1, 0.15) is 11.5 Å². The van der Waals surface area contributed by atoms with Crippen molar-refractivity contribution >= 4 is 16.7 Å². The van der Waals surface area contributed by atoms with Gasteiger partial charge in [-0.15, -0.1) is 0 Å². The van der Waals surface area contributed by atoms with Crippen LogP contribution in [0.3, 0.4) is 0 Å². The molecule has 2 N–H and O–H groups in total. The van der Waals surface area contributed by atoms with Crippen LogP contribution in [0.15, 0.2) is 60.8 Å². The van der Waals surface area contributed by atoms with Crippen LogP contribution in [-0.4, -0.2) is 35.0 Å². The molecule has 5 nitrogen and oxygen atoms in total. The van der Waals surface area contributed by atoms with Gasteiger partial charge in [-0.05, 0) is 86.6 Å². The van der Waals surface area contributed by atoms with Gasteiger partial charge < -0.3 is 15.2 Å². The minimum Gasteiger partial charge on any atom is -0.381 e. The van der Waals surface area contributed by atoms with Crippen molar-refractivity contribution in [2.45, 2.75) is 25.3 Å². The van der Waals surface area contributed by atoms with Gasteiger partial charge in [0.2, 0.25) is 0 Å². The third-order valence-corrected chi connectivity index (χ3v) is 6.52. The van der Waals surface area contributed by atoms with Gasteiger partial charge in [0.15, 0.2) is 0 Å². The van der Waals surface area contributed by atoms with Gasteiger partial charge in [0.25, 0.3) is 0 Å². The Bertz CT molecular complexity index is 1330. The molecular formula is C27H26FN5. The summed E-state index contributed by atoms with van der Waals surface area (Å²) in [5.74, 6) is 0.215. The molecule has 0 unspecified atom stereocenters. The van der Waals surface area contributed by atoms with Crippen LogP contribution in [0.25, 0.3) is 22.2 Å². The molecule has 166 valence electrons. The van der Waals surface area contributed by atoms with E-state index in [0.717, 1.165) is 53.8 Å². The van der Waals surface area contributed by atoms with Crippen molar-refractivity contribution < 1.29 is 4.39 Å². The minimum absolute atomic E-state index is 0.262. The molecule has 1 aliphatic rings. The zero-order chi connectivity index (χ0) is 22.8. The molecule has 0 atom stereocenters. The van der Waals surface area contributed by atoms with Crippen molar-refractivity contribution in [3.63, 3.8) is 0 Å². The predicted molar refractivity (Wildman–Crippen MR) is 129 cm³/mol. The Labute approximate surface area is 192 Å². The molecule has 5 rings (SSSR count). The van der Waals surface area contributed by atoms with Crippen molar-refractivity contribution in [2.24, 2.45) is 0 Å². The zero-order valence-corrected chi connectivity index (χ0v) is 18.6. The number of pyridine rings is 1. The van der Waals surface area contributed by atoms with Crippen LogP contribution in [0, 0.1) is 17.1 Å². The first kappa shape index (κ1) is 21.2. The third-order valence-electron chi connectivity index (χ3n) is 6.52. The first-order valence-electron chi connectivity index (χ1n) is 11.3. The Balaban J connectivity index is 1.43. The maximum atomic E-state index is 14.9. The van der Waals surface area contributed by atoms with Crippen LogP contribution in [0.1, 0.15) is 35.6 Å². The SMILES string of the molecule is CN1CCC(c2cc3c(-c4cc(NCc5cccc(C#N)c5)ccc4F)ccnc3[nH]2)CC1. The van der Waals surface area contributed by atoms with E-state index in [9.17, 15) is 4.39 Å². The summed E-state index contributed by atoms with van der Waals surface area (Å²) in [6.45, 7) is 2.72. The van der Waals surface area contributed by atoms with E-state index in [0.29, 0.717) is 23.6 Å². The fraction of sp³-hybridized carbons (Fsp3) is 0.259. The van der Waals surface area contributed by atoms with Crippen molar-refractivity contribution in [2.75, 3.05) is 25.5 Å². The smallest absolute Gasteiger partial charge is 0.138 e. The Hall–Kier alpha value is -3.69. The maximum Gasteiger partial charge on any atom is 0.138 e. The second-order valence-electron chi connectivity index (χ2n) is 8.78. The molecule has 1 aliphatic heterocycles. The third kappa shape index (κ3) is 4.46. The van der Waals surface area contributed by atoms with Crippen molar-refractivity contribution in [1.82, 2.24) is 14.9 Å². The molecule has 33 heavy (non-hydrogen) atoms. The summed E-state index contributed by atoms with van der Waals surface area (Å²) in [5, 5.41) is 13.4. The molecule has 0 bridgehead atoms. The Kier molecular flexibility index (Phi) is 5.80. The number of piperidine rings is 1. The van der Waals surface area contributed by atoms with Crippen LogP contribution < -0.4 is 5.32 Å². The molecule has 2 aromatic carbocycles. The lowest BCUT2D eigenvalue weighted by Gasteiger charge is -2.28. The van der Waals surface area contributed by atoms with Gasteiger partial charge in [0.05, 0.1) is 11.6 Å². The Morgan fingerprint density at radius 1 is 1.12 bits per heavy atom. The van der Waals surface area contributed by atoms with Gasteiger partial charge in [-0.25, -0.2) is 9.37 Å². The molecule has 1 saturated heterocycles. The molecule has 0 aliphatic carbocycles. The average molecular weight is 440 g/mol. The number of likely N-dealkylation sites (tertiary alicyclic amines) is 1. The van der Waals surface area contributed by atoms with E-state index in [4.69, 9.17) is 5.26 Å². The second-order valence-corrected chi connectivity index (χ2v) is 8.78. The highest BCUT2D eigenvalue weighted by Gasteiger charge is 2.21. The number of nitrogens with one attached hydrogen (secondary N) is 2. The lowest BCUT2D eigenvalue weighted by Crippen LogP contribution is -2.29. The highest BCUT2D eigenvalue weighted by Crippen LogP contribution is 2.35. The Morgan fingerprint density at radius 2 is 1.97 bits per heavy atom. The molecule has 0 saturated carbocycles. The second kappa shape index (κ2) is 9.05. The zero-order valence-electron chi connectivity index (χ0n) is 18.6. The number of fused-ring (bicyclic) bond motifs is 1. The number of aromatic amines is 1. The summed E-state index contributed by atoms with van der Waals surface area (Å²) >= 11 is 0. The summed E-state index contributed by atoms with van der Waals surface area (Å²) in [5.41, 5.74) is 5.82. The molecule has 0 radical (unpaired) electrons. The normalized spacial score (nSPS) is 14.9. The summed E-state index contributed by atoms with van der Waals surface area (Å²) in [4.78, 5) is 10.4. The molecule has 4 aromatic rings. The highest BCUT2D eigenvalue weighted by atomic mass is 19.1.